The van der Waals surface area contributed by atoms with Crippen molar-refractivity contribution in [3.05, 3.63) is 30.1 Å². The first kappa shape index (κ1) is 11.8. The molecule has 0 fully saturated rings. The third kappa shape index (κ3) is 2.09. The van der Waals surface area contributed by atoms with Gasteiger partial charge in [0.15, 0.2) is 0 Å². The van der Waals surface area contributed by atoms with Crippen LogP contribution in [0.2, 0.25) is 0 Å². The molecule has 0 aliphatic rings. The van der Waals surface area contributed by atoms with Crippen molar-refractivity contribution in [3.8, 4) is 0 Å². The minimum Gasteiger partial charge on any atom is -0.274 e. The molecule has 0 bridgehead atoms. The lowest BCUT2D eigenvalue weighted by atomic mass is 10.1. The highest BCUT2D eigenvalue weighted by Gasteiger charge is 2.18. The molecule has 90 valence electrons. The smallest absolute Gasteiger partial charge is 0.235 e. The van der Waals surface area contributed by atoms with E-state index in [1.807, 2.05) is 38.1 Å². The zero-order valence-corrected chi connectivity index (χ0v) is 10.6. The number of nitrogens with zero attached hydrogens (tertiary/aromatic N) is 2. The van der Waals surface area contributed by atoms with Gasteiger partial charge in [-0.25, -0.2) is 4.98 Å². The van der Waals surface area contributed by atoms with Crippen LogP contribution >= 0.6 is 0 Å². The van der Waals surface area contributed by atoms with Crippen molar-refractivity contribution < 1.29 is 4.79 Å². The summed E-state index contributed by atoms with van der Waals surface area (Å²) in [6.07, 6.45) is 1.95. The van der Waals surface area contributed by atoms with Gasteiger partial charge in [-0.1, -0.05) is 32.4 Å². The quantitative estimate of drug-likeness (QED) is 0.809. The van der Waals surface area contributed by atoms with Gasteiger partial charge in [0.05, 0.1) is 11.0 Å². The van der Waals surface area contributed by atoms with Crippen LogP contribution in [0.4, 0.5) is 0 Å². The average Bonchev–Trinajstić information content (AvgIpc) is 2.64. The Morgan fingerprint density at radius 3 is 2.82 bits per heavy atom. The van der Waals surface area contributed by atoms with Gasteiger partial charge < -0.3 is 0 Å². The van der Waals surface area contributed by atoms with Crippen LogP contribution in [-0.4, -0.2) is 15.5 Å². The van der Waals surface area contributed by atoms with E-state index in [0.29, 0.717) is 0 Å². The lowest BCUT2D eigenvalue weighted by Crippen LogP contribution is -2.20. The largest absolute Gasteiger partial charge is 0.274 e. The Kier molecular flexibility index (Phi) is 3.27. The molecule has 1 atom stereocenters. The second-order valence-electron chi connectivity index (χ2n) is 4.51. The summed E-state index contributed by atoms with van der Waals surface area (Å²) >= 11 is 0. The summed E-state index contributed by atoms with van der Waals surface area (Å²) in [7, 11) is 0. The molecule has 0 amide bonds. The van der Waals surface area contributed by atoms with Gasteiger partial charge in [0.1, 0.15) is 5.82 Å². The van der Waals surface area contributed by atoms with Crippen molar-refractivity contribution in [1.82, 2.24) is 9.55 Å². The van der Waals surface area contributed by atoms with Crippen molar-refractivity contribution in [2.45, 2.75) is 33.6 Å². The number of hydrogen-bond acceptors (Lipinski definition) is 2. The van der Waals surface area contributed by atoms with E-state index in [1.54, 1.807) is 4.57 Å². The zero-order valence-electron chi connectivity index (χ0n) is 10.6. The fraction of sp³-hybridized carbons (Fsp3) is 0.429. The van der Waals surface area contributed by atoms with Crippen LogP contribution in [0, 0.1) is 12.8 Å². The van der Waals surface area contributed by atoms with Crippen LogP contribution in [0.15, 0.2) is 24.3 Å². The maximum atomic E-state index is 12.4. The molecular weight excluding hydrogens is 212 g/mol. The van der Waals surface area contributed by atoms with Gasteiger partial charge in [0.2, 0.25) is 5.91 Å². The summed E-state index contributed by atoms with van der Waals surface area (Å²) in [4.78, 5) is 16.8. The predicted molar refractivity (Wildman–Crippen MR) is 69.2 cm³/mol. The Morgan fingerprint density at radius 1 is 1.41 bits per heavy atom. The first-order valence-electron chi connectivity index (χ1n) is 6.13. The molecule has 3 nitrogen and oxygen atoms in total. The van der Waals surface area contributed by atoms with Gasteiger partial charge in [-0.05, 0) is 25.5 Å². The number of fused-ring (bicyclic) bond motifs is 1. The Balaban J connectivity index is 2.47. The molecular formula is C14H18N2O. The van der Waals surface area contributed by atoms with E-state index < -0.39 is 0 Å². The average molecular weight is 230 g/mol. The number of aromatic nitrogens is 2. The molecule has 2 rings (SSSR count). The van der Waals surface area contributed by atoms with Gasteiger partial charge in [0.25, 0.3) is 0 Å². The molecule has 0 N–H and O–H groups in total. The first-order valence-corrected chi connectivity index (χ1v) is 6.13. The summed E-state index contributed by atoms with van der Waals surface area (Å²) in [5.41, 5.74) is 1.81. The number of carbonyl (C=O) groups is 1. The molecule has 0 spiro atoms. The number of imidazole rings is 1. The summed E-state index contributed by atoms with van der Waals surface area (Å²) in [6.45, 7) is 5.97. The molecule has 0 saturated carbocycles. The van der Waals surface area contributed by atoms with Crippen LogP contribution < -0.4 is 0 Å². The van der Waals surface area contributed by atoms with E-state index in [-0.39, 0.29) is 11.8 Å². The fourth-order valence-corrected chi connectivity index (χ4v) is 2.20. The van der Waals surface area contributed by atoms with E-state index >= 15 is 0 Å². The number of aryl methyl sites for hydroxylation is 1. The topological polar surface area (TPSA) is 34.9 Å². The van der Waals surface area contributed by atoms with Gasteiger partial charge >= 0.3 is 0 Å². The molecule has 0 saturated heterocycles. The van der Waals surface area contributed by atoms with Gasteiger partial charge in [-0.15, -0.1) is 0 Å². The number of para-hydroxylation sites is 2. The SMILES string of the molecule is CCCC(C)C(=O)n1c(C)nc2ccccc21. The highest BCUT2D eigenvalue weighted by atomic mass is 16.2. The lowest BCUT2D eigenvalue weighted by Gasteiger charge is -2.11. The molecule has 1 aromatic heterocycles. The molecule has 1 unspecified atom stereocenters. The van der Waals surface area contributed by atoms with E-state index in [2.05, 4.69) is 11.9 Å². The fourth-order valence-electron chi connectivity index (χ4n) is 2.20. The number of hydrogen-bond donors (Lipinski definition) is 0. The number of rotatable bonds is 3. The summed E-state index contributed by atoms with van der Waals surface area (Å²) in [6, 6.07) is 7.78. The maximum Gasteiger partial charge on any atom is 0.235 e. The molecule has 3 heteroatoms. The highest BCUT2D eigenvalue weighted by Crippen LogP contribution is 2.18. The second kappa shape index (κ2) is 4.70. The Hall–Kier alpha value is -1.64. The van der Waals surface area contributed by atoms with Crippen LogP contribution in [0.25, 0.3) is 11.0 Å². The summed E-state index contributed by atoms with van der Waals surface area (Å²) in [5, 5.41) is 0. The van der Waals surface area contributed by atoms with Gasteiger partial charge in [-0.2, -0.15) is 0 Å². The number of benzene rings is 1. The third-order valence-electron chi connectivity index (χ3n) is 3.09. The molecule has 0 aliphatic heterocycles. The van der Waals surface area contributed by atoms with Crippen LogP contribution in [0.5, 0.6) is 0 Å². The minimum atomic E-state index is 0.0521. The van der Waals surface area contributed by atoms with E-state index in [4.69, 9.17) is 0 Å². The first-order chi connectivity index (χ1) is 8.15. The minimum absolute atomic E-state index is 0.0521. The van der Waals surface area contributed by atoms with Crippen molar-refractivity contribution in [1.29, 1.82) is 0 Å². The monoisotopic (exact) mass is 230 g/mol. The lowest BCUT2D eigenvalue weighted by molar-refractivity contribution is 0.0840. The van der Waals surface area contributed by atoms with Crippen LogP contribution in [0.1, 0.15) is 37.3 Å². The maximum absolute atomic E-state index is 12.4. The number of carbonyl (C=O) groups excluding carboxylic acids is 1. The summed E-state index contributed by atoms with van der Waals surface area (Å²) in [5.74, 6) is 0.980. The Labute approximate surface area is 101 Å². The van der Waals surface area contributed by atoms with Crippen LogP contribution in [-0.2, 0) is 0 Å². The third-order valence-corrected chi connectivity index (χ3v) is 3.09. The second-order valence-corrected chi connectivity index (χ2v) is 4.51. The van der Waals surface area contributed by atoms with Crippen molar-refractivity contribution in [3.63, 3.8) is 0 Å². The predicted octanol–water partition coefficient (Wildman–Crippen LogP) is 3.42. The molecule has 2 aromatic rings. The van der Waals surface area contributed by atoms with Gasteiger partial charge in [-0.3, -0.25) is 9.36 Å². The molecule has 0 aliphatic carbocycles. The molecule has 1 aromatic carbocycles. The van der Waals surface area contributed by atoms with E-state index in [1.165, 1.54) is 0 Å². The molecule has 17 heavy (non-hydrogen) atoms. The Bertz CT molecular complexity index is 542. The Morgan fingerprint density at radius 2 is 2.12 bits per heavy atom. The molecule has 0 radical (unpaired) electrons. The normalized spacial score (nSPS) is 12.9. The highest BCUT2D eigenvalue weighted by molar-refractivity contribution is 5.92. The van der Waals surface area contributed by atoms with Crippen LogP contribution in [0.3, 0.4) is 0 Å². The van der Waals surface area contributed by atoms with E-state index in [0.717, 1.165) is 29.7 Å². The van der Waals surface area contributed by atoms with Crippen molar-refractivity contribution >= 4 is 16.9 Å². The van der Waals surface area contributed by atoms with Gasteiger partial charge in [0, 0.05) is 5.92 Å². The zero-order chi connectivity index (χ0) is 12.4. The van der Waals surface area contributed by atoms with E-state index in [9.17, 15) is 4.79 Å². The van der Waals surface area contributed by atoms with Crippen molar-refractivity contribution in [2.24, 2.45) is 5.92 Å². The summed E-state index contributed by atoms with van der Waals surface area (Å²) < 4.78 is 1.75. The standard InChI is InChI=1S/C14H18N2O/c1-4-7-10(2)14(17)16-11(3)15-12-8-5-6-9-13(12)16/h5-6,8-10H,4,7H2,1-3H3. The molecule has 1 heterocycles. The van der Waals surface area contributed by atoms with Crippen molar-refractivity contribution in [2.75, 3.05) is 0 Å².